The van der Waals surface area contributed by atoms with E-state index in [1.807, 2.05) is 0 Å². The first kappa shape index (κ1) is 13.0. The molecule has 0 bridgehead atoms. The van der Waals surface area contributed by atoms with E-state index in [0.717, 1.165) is 6.42 Å². The van der Waals surface area contributed by atoms with Crippen LogP contribution >= 0.6 is 15.9 Å². The molecule has 16 heavy (non-hydrogen) atoms. The molecule has 0 heterocycles. The summed E-state index contributed by atoms with van der Waals surface area (Å²) in [5.41, 5.74) is 0.476. The van der Waals surface area contributed by atoms with Crippen molar-refractivity contribution in [3.8, 4) is 5.75 Å². The smallest absolute Gasteiger partial charge is 0.251 e. The van der Waals surface area contributed by atoms with Crippen LogP contribution in [0.25, 0.3) is 0 Å². The minimum atomic E-state index is -0.150. The van der Waals surface area contributed by atoms with Crippen LogP contribution in [0.2, 0.25) is 0 Å². The van der Waals surface area contributed by atoms with Crippen molar-refractivity contribution in [1.82, 2.24) is 5.32 Å². The Morgan fingerprint density at radius 2 is 2.19 bits per heavy atom. The van der Waals surface area contributed by atoms with Gasteiger partial charge in [-0.2, -0.15) is 0 Å². The van der Waals surface area contributed by atoms with E-state index in [2.05, 4.69) is 35.1 Å². The van der Waals surface area contributed by atoms with Gasteiger partial charge >= 0.3 is 0 Å². The number of benzene rings is 1. The fourth-order valence-corrected chi connectivity index (χ4v) is 1.48. The van der Waals surface area contributed by atoms with Crippen molar-refractivity contribution in [2.24, 2.45) is 5.92 Å². The molecule has 0 saturated carbocycles. The molecule has 0 aromatic heterocycles. The van der Waals surface area contributed by atoms with Crippen LogP contribution in [0.15, 0.2) is 22.7 Å². The Morgan fingerprint density at radius 3 is 2.75 bits per heavy atom. The van der Waals surface area contributed by atoms with Crippen molar-refractivity contribution in [3.05, 3.63) is 28.2 Å². The topological polar surface area (TPSA) is 49.3 Å². The van der Waals surface area contributed by atoms with Crippen LogP contribution in [0, 0.1) is 5.92 Å². The summed E-state index contributed by atoms with van der Waals surface area (Å²) in [6.07, 6.45) is 0.953. The fourth-order valence-electron chi connectivity index (χ4n) is 1.23. The van der Waals surface area contributed by atoms with Crippen LogP contribution in [-0.4, -0.2) is 17.6 Å². The van der Waals surface area contributed by atoms with Crippen molar-refractivity contribution < 1.29 is 9.90 Å². The summed E-state index contributed by atoms with van der Waals surface area (Å²) in [7, 11) is 0. The van der Waals surface area contributed by atoms with E-state index in [9.17, 15) is 9.90 Å². The second kappa shape index (κ2) is 5.89. The van der Waals surface area contributed by atoms with E-state index in [1.54, 1.807) is 12.1 Å². The Bertz CT molecular complexity index is 377. The zero-order valence-corrected chi connectivity index (χ0v) is 11.0. The second-order valence-corrected chi connectivity index (χ2v) is 4.96. The molecule has 2 N–H and O–H groups in total. The summed E-state index contributed by atoms with van der Waals surface area (Å²) in [4.78, 5) is 11.7. The Kier molecular flexibility index (Phi) is 4.80. The Morgan fingerprint density at radius 1 is 1.50 bits per heavy atom. The molecule has 0 saturated heterocycles. The number of carbonyl (C=O) groups excluding carboxylic acids is 1. The van der Waals surface area contributed by atoms with Gasteiger partial charge in [0.15, 0.2) is 0 Å². The predicted molar refractivity (Wildman–Crippen MR) is 67.6 cm³/mol. The summed E-state index contributed by atoms with van der Waals surface area (Å²) in [6.45, 7) is 4.88. The Balaban J connectivity index is 2.56. The van der Waals surface area contributed by atoms with E-state index in [4.69, 9.17) is 0 Å². The van der Waals surface area contributed by atoms with Crippen molar-refractivity contribution in [2.75, 3.05) is 6.54 Å². The number of halogens is 1. The van der Waals surface area contributed by atoms with E-state index in [-0.39, 0.29) is 11.7 Å². The minimum Gasteiger partial charge on any atom is -0.507 e. The molecule has 1 aromatic carbocycles. The van der Waals surface area contributed by atoms with Gasteiger partial charge in [-0.25, -0.2) is 0 Å². The van der Waals surface area contributed by atoms with E-state index >= 15 is 0 Å². The first-order valence-corrected chi connectivity index (χ1v) is 6.06. The molecule has 1 aromatic rings. The second-order valence-electron chi connectivity index (χ2n) is 4.10. The number of rotatable bonds is 4. The van der Waals surface area contributed by atoms with Crippen LogP contribution in [0.3, 0.4) is 0 Å². The molecule has 3 nitrogen and oxygen atoms in total. The third kappa shape index (κ3) is 3.85. The van der Waals surface area contributed by atoms with Gasteiger partial charge in [0.25, 0.3) is 5.91 Å². The van der Waals surface area contributed by atoms with Gasteiger partial charge < -0.3 is 10.4 Å². The van der Waals surface area contributed by atoms with E-state index < -0.39 is 0 Å². The van der Waals surface area contributed by atoms with E-state index in [0.29, 0.717) is 22.5 Å². The summed E-state index contributed by atoms with van der Waals surface area (Å²) >= 11 is 3.17. The first-order valence-electron chi connectivity index (χ1n) is 5.27. The summed E-state index contributed by atoms with van der Waals surface area (Å²) in [5.74, 6) is 0.499. The first-order chi connectivity index (χ1) is 7.50. The van der Waals surface area contributed by atoms with Crippen molar-refractivity contribution in [3.63, 3.8) is 0 Å². The SMILES string of the molecule is CC(C)CCNC(=O)c1ccc(Br)c(O)c1. The molecule has 0 unspecified atom stereocenters. The maximum atomic E-state index is 11.7. The minimum absolute atomic E-state index is 0.0801. The standard InChI is InChI=1S/C12H16BrNO2/c1-8(2)5-6-14-12(16)9-3-4-10(13)11(15)7-9/h3-4,7-8,15H,5-6H2,1-2H3,(H,14,16). The number of nitrogens with one attached hydrogen (secondary N) is 1. The molecule has 88 valence electrons. The summed E-state index contributed by atoms with van der Waals surface area (Å²) in [5, 5.41) is 12.2. The molecular formula is C12H16BrNO2. The highest BCUT2D eigenvalue weighted by Gasteiger charge is 2.07. The number of phenols is 1. The average molecular weight is 286 g/mol. The number of hydrogen-bond donors (Lipinski definition) is 2. The predicted octanol–water partition coefficient (Wildman–Crippen LogP) is 2.93. The van der Waals surface area contributed by atoms with Gasteiger partial charge in [0.1, 0.15) is 5.75 Å². The van der Waals surface area contributed by atoms with Crippen molar-refractivity contribution in [2.45, 2.75) is 20.3 Å². The fraction of sp³-hybridized carbons (Fsp3) is 0.417. The Labute approximate surface area is 104 Å². The molecular weight excluding hydrogens is 270 g/mol. The third-order valence-corrected chi connectivity index (χ3v) is 2.89. The average Bonchev–Trinajstić information content (AvgIpc) is 2.21. The monoisotopic (exact) mass is 285 g/mol. The van der Waals surface area contributed by atoms with E-state index in [1.165, 1.54) is 6.07 Å². The largest absolute Gasteiger partial charge is 0.507 e. The maximum absolute atomic E-state index is 11.7. The lowest BCUT2D eigenvalue weighted by molar-refractivity contribution is 0.0951. The molecule has 0 aliphatic heterocycles. The highest BCUT2D eigenvalue weighted by atomic mass is 79.9. The number of amides is 1. The lowest BCUT2D eigenvalue weighted by Gasteiger charge is -2.07. The van der Waals surface area contributed by atoms with Crippen LogP contribution in [0.4, 0.5) is 0 Å². The Hall–Kier alpha value is -1.03. The maximum Gasteiger partial charge on any atom is 0.251 e. The van der Waals surface area contributed by atoms with Gasteiger partial charge in [0, 0.05) is 12.1 Å². The highest BCUT2D eigenvalue weighted by Crippen LogP contribution is 2.24. The molecule has 4 heteroatoms. The molecule has 0 radical (unpaired) electrons. The molecule has 0 atom stereocenters. The zero-order valence-electron chi connectivity index (χ0n) is 9.46. The van der Waals surface area contributed by atoms with Crippen LogP contribution in [-0.2, 0) is 0 Å². The quantitative estimate of drug-likeness (QED) is 0.894. The van der Waals surface area contributed by atoms with Crippen molar-refractivity contribution >= 4 is 21.8 Å². The van der Waals surface area contributed by atoms with Crippen LogP contribution in [0.5, 0.6) is 5.75 Å². The lowest BCUT2D eigenvalue weighted by Crippen LogP contribution is -2.25. The van der Waals surface area contributed by atoms with Crippen molar-refractivity contribution in [1.29, 1.82) is 0 Å². The molecule has 0 aliphatic rings. The normalized spacial score (nSPS) is 10.5. The van der Waals surface area contributed by atoms with Crippen LogP contribution < -0.4 is 5.32 Å². The van der Waals surface area contributed by atoms with Gasteiger partial charge in [-0.1, -0.05) is 13.8 Å². The highest BCUT2D eigenvalue weighted by molar-refractivity contribution is 9.10. The van der Waals surface area contributed by atoms with Gasteiger partial charge in [-0.15, -0.1) is 0 Å². The number of carbonyl (C=O) groups is 1. The summed E-state index contributed by atoms with van der Waals surface area (Å²) in [6, 6.07) is 4.79. The molecule has 0 aliphatic carbocycles. The molecule has 0 fully saturated rings. The van der Waals surface area contributed by atoms with Gasteiger partial charge in [-0.3, -0.25) is 4.79 Å². The number of phenolic OH excluding ortho intramolecular Hbond substituents is 1. The number of hydrogen-bond acceptors (Lipinski definition) is 2. The van der Waals surface area contributed by atoms with Gasteiger partial charge in [-0.05, 0) is 46.5 Å². The van der Waals surface area contributed by atoms with Gasteiger partial charge in [0.05, 0.1) is 4.47 Å². The zero-order chi connectivity index (χ0) is 12.1. The third-order valence-electron chi connectivity index (χ3n) is 2.22. The molecule has 0 spiro atoms. The summed E-state index contributed by atoms with van der Waals surface area (Å²) < 4.78 is 0.589. The van der Waals surface area contributed by atoms with Gasteiger partial charge in [0.2, 0.25) is 0 Å². The molecule has 1 amide bonds. The van der Waals surface area contributed by atoms with Crippen LogP contribution in [0.1, 0.15) is 30.6 Å². The number of aromatic hydroxyl groups is 1. The molecule has 1 rings (SSSR count). The lowest BCUT2D eigenvalue weighted by atomic mass is 10.1.